The SMILES string of the molecule is CCCCCC(CCCCC)Nc1ccc(F)c(Cl)c1. The third-order valence-electron chi connectivity index (χ3n) is 3.60. The summed E-state index contributed by atoms with van der Waals surface area (Å²) in [7, 11) is 0. The third-order valence-corrected chi connectivity index (χ3v) is 3.89. The molecular weight excluding hydrogens is 273 g/mol. The Hall–Kier alpha value is -0.760. The number of hydrogen-bond acceptors (Lipinski definition) is 1. The van der Waals surface area contributed by atoms with Crippen molar-refractivity contribution in [2.45, 2.75) is 71.3 Å². The van der Waals surface area contributed by atoms with Gasteiger partial charge in [-0.2, -0.15) is 0 Å². The molecule has 3 heteroatoms. The first-order valence-corrected chi connectivity index (χ1v) is 8.26. The summed E-state index contributed by atoms with van der Waals surface area (Å²) < 4.78 is 13.2. The molecule has 0 saturated heterocycles. The van der Waals surface area contributed by atoms with Gasteiger partial charge in [0.1, 0.15) is 5.82 Å². The number of halogens is 2. The smallest absolute Gasteiger partial charge is 0.141 e. The minimum Gasteiger partial charge on any atom is -0.382 e. The Morgan fingerprint density at radius 3 is 2.15 bits per heavy atom. The van der Waals surface area contributed by atoms with E-state index in [2.05, 4.69) is 19.2 Å². The number of hydrogen-bond donors (Lipinski definition) is 1. The van der Waals surface area contributed by atoms with Gasteiger partial charge in [-0.3, -0.25) is 0 Å². The molecule has 1 nitrogen and oxygen atoms in total. The first-order chi connectivity index (χ1) is 9.67. The van der Waals surface area contributed by atoms with Crippen LogP contribution in [0, 0.1) is 5.82 Å². The maximum atomic E-state index is 13.2. The van der Waals surface area contributed by atoms with E-state index in [0.717, 1.165) is 5.69 Å². The number of benzene rings is 1. The molecule has 0 aliphatic carbocycles. The molecule has 0 aliphatic heterocycles. The third kappa shape index (κ3) is 6.60. The van der Waals surface area contributed by atoms with E-state index >= 15 is 0 Å². The molecule has 114 valence electrons. The number of nitrogens with one attached hydrogen (secondary N) is 1. The second kappa shape index (κ2) is 10.0. The Morgan fingerprint density at radius 2 is 1.65 bits per heavy atom. The molecule has 1 rings (SSSR count). The van der Waals surface area contributed by atoms with E-state index in [9.17, 15) is 4.39 Å². The highest BCUT2D eigenvalue weighted by atomic mass is 35.5. The van der Waals surface area contributed by atoms with E-state index in [0.29, 0.717) is 6.04 Å². The Kier molecular flexibility index (Phi) is 8.68. The van der Waals surface area contributed by atoms with Crippen molar-refractivity contribution in [1.82, 2.24) is 0 Å². The van der Waals surface area contributed by atoms with Crippen molar-refractivity contribution in [3.63, 3.8) is 0 Å². The molecule has 0 spiro atoms. The molecule has 0 aliphatic rings. The maximum absolute atomic E-state index is 13.2. The summed E-state index contributed by atoms with van der Waals surface area (Å²) in [5, 5.41) is 3.70. The quantitative estimate of drug-likeness (QED) is 0.491. The minimum atomic E-state index is -0.356. The predicted octanol–water partition coefficient (Wildman–Crippen LogP) is 6.42. The molecular formula is C17H27ClFN. The van der Waals surface area contributed by atoms with Gasteiger partial charge in [0.05, 0.1) is 5.02 Å². The van der Waals surface area contributed by atoms with Crippen LogP contribution in [-0.4, -0.2) is 6.04 Å². The second-order valence-corrected chi connectivity index (χ2v) is 5.87. The first kappa shape index (κ1) is 17.3. The van der Waals surface area contributed by atoms with Crippen molar-refractivity contribution in [3.8, 4) is 0 Å². The summed E-state index contributed by atoms with van der Waals surface area (Å²) in [5.74, 6) is -0.356. The predicted molar refractivity (Wildman–Crippen MR) is 87.1 cm³/mol. The van der Waals surface area contributed by atoms with Crippen molar-refractivity contribution in [2.75, 3.05) is 5.32 Å². The van der Waals surface area contributed by atoms with Gasteiger partial charge in [-0.05, 0) is 31.0 Å². The lowest BCUT2D eigenvalue weighted by Crippen LogP contribution is -2.19. The van der Waals surface area contributed by atoms with Crippen LogP contribution in [0.2, 0.25) is 5.02 Å². The second-order valence-electron chi connectivity index (χ2n) is 5.46. The van der Waals surface area contributed by atoms with Crippen LogP contribution in [0.3, 0.4) is 0 Å². The zero-order valence-electron chi connectivity index (χ0n) is 12.7. The standard InChI is InChI=1S/C17H27ClFN/c1-3-5-7-9-14(10-8-6-4-2)20-15-11-12-17(19)16(18)13-15/h11-14,20H,3-10H2,1-2H3. The lowest BCUT2D eigenvalue weighted by Gasteiger charge is -2.20. The van der Waals surface area contributed by atoms with Gasteiger partial charge in [0.2, 0.25) is 0 Å². The normalized spacial score (nSPS) is 11.1. The van der Waals surface area contributed by atoms with Gasteiger partial charge in [-0.25, -0.2) is 4.39 Å². The lowest BCUT2D eigenvalue weighted by molar-refractivity contribution is 0.526. The highest BCUT2D eigenvalue weighted by molar-refractivity contribution is 6.31. The Balaban J connectivity index is 2.54. The number of rotatable bonds is 10. The molecule has 0 heterocycles. The van der Waals surface area contributed by atoms with Crippen LogP contribution < -0.4 is 5.32 Å². The summed E-state index contributed by atoms with van der Waals surface area (Å²) in [4.78, 5) is 0. The van der Waals surface area contributed by atoms with Crippen LogP contribution >= 0.6 is 11.6 Å². The van der Waals surface area contributed by atoms with E-state index in [1.54, 1.807) is 12.1 Å². The van der Waals surface area contributed by atoms with Gasteiger partial charge in [-0.15, -0.1) is 0 Å². The number of anilines is 1. The van der Waals surface area contributed by atoms with E-state index < -0.39 is 0 Å². The molecule has 0 atom stereocenters. The summed E-state index contributed by atoms with van der Waals surface area (Å²) >= 11 is 5.84. The van der Waals surface area contributed by atoms with Gasteiger partial charge >= 0.3 is 0 Å². The van der Waals surface area contributed by atoms with E-state index in [1.807, 2.05) is 0 Å². The molecule has 1 aromatic rings. The van der Waals surface area contributed by atoms with Crippen LogP contribution in [0.25, 0.3) is 0 Å². The van der Waals surface area contributed by atoms with Crippen LogP contribution in [0.1, 0.15) is 65.2 Å². The molecule has 0 radical (unpaired) electrons. The highest BCUT2D eigenvalue weighted by Crippen LogP contribution is 2.22. The van der Waals surface area contributed by atoms with Crippen LogP contribution in [0.15, 0.2) is 18.2 Å². The lowest BCUT2D eigenvalue weighted by atomic mass is 10.0. The molecule has 0 saturated carbocycles. The zero-order chi connectivity index (χ0) is 14.8. The van der Waals surface area contributed by atoms with Crippen molar-refractivity contribution in [3.05, 3.63) is 29.0 Å². The molecule has 0 amide bonds. The van der Waals surface area contributed by atoms with E-state index in [1.165, 1.54) is 57.4 Å². The van der Waals surface area contributed by atoms with Crippen molar-refractivity contribution < 1.29 is 4.39 Å². The fourth-order valence-electron chi connectivity index (χ4n) is 2.39. The van der Waals surface area contributed by atoms with E-state index in [4.69, 9.17) is 11.6 Å². The molecule has 0 aromatic heterocycles. The number of unbranched alkanes of at least 4 members (excludes halogenated alkanes) is 4. The van der Waals surface area contributed by atoms with Gasteiger partial charge in [0.15, 0.2) is 0 Å². The summed E-state index contributed by atoms with van der Waals surface area (Å²) in [5.41, 5.74) is 0.925. The van der Waals surface area contributed by atoms with Gasteiger partial charge < -0.3 is 5.32 Å². The Bertz CT molecular complexity index is 371. The van der Waals surface area contributed by atoms with Crippen LogP contribution in [-0.2, 0) is 0 Å². The summed E-state index contributed by atoms with van der Waals surface area (Å²) in [6.07, 6.45) is 9.86. The average Bonchev–Trinajstić information content (AvgIpc) is 2.43. The summed E-state index contributed by atoms with van der Waals surface area (Å²) in [6, 6.07) is 5.35. The Morgan fingerprint density at radius 1 is 1.05 bits per heavy atom. The molecule has 1 N–H and O–H groups in total. The zero-order valence-corrected chi connectivity index (χ0v) is 13.5. The monoisotopic (exact) mass is 299 g/mol. The molecule has 0 unspecified atom stereocenters. The molecule has 1 aromatic carbocycles. The first-order valence-electron chi connectivity index (χ1n) is 7.89. The van der Waals surface area contributed by atoms with Crippen LogP contribution in [0.4, 0.5) is 10.1 Å². The largest absolute Gasteiger partial charge is 0.382 e. The topological polar surface area (TPSA) is 12.0 Å². The van der Waals surface area contributed by atoms with Crippen molar-refractivity contribution in [2.24, 2.45) is 0 Å². The molecule has 20 heavy (non-hydrogen) atoms. The highest BCUT2D eigenvalue weighted by Gasteiger charge is 2.09. The minimum absolute atomic E-state index is 0.191. The Labute approximate surface area is 127 Å². The molecule has 0 fully saturated rings. The molecule has 0 bridgehead atoms. The fraction of sp³-hybridized carbons (Fsp3) is 0.647. The van der Waals surface area contributed by atoms with Gasteiger partial charge in [-0.1, -0.05) is 64.0 Å². The fourth-order valence-corrected chi connectivity index (χ4v) is 2.57. The van der Waals surface area contributed by atoms with Crippen molar-refractivity contribution >= 4 is 17.3 Å². The van der Waals surface area contributed by atoms with Gasteiger partial charge in [0.25, 0.3) is 0 Å². The van der Waals surface area contributed by atoms with Gasteiger partial charge in [0, 0.05) is 11.7 Å². The maximum Gasteiger partial charge on any atom is 0.141 e. The summed E-state index contributed by atoms with van der Waals surface area (Å²) in [6.45, 7) is 4.44. The van der Waals surface area contributed by atoms with Crippen LogP contribution in [0.5, 0.6) is 0 Å². The average molecular weight is 300 g/mol. The van der Waals surface area contributed by atoms with E-state index in [-0.39, 0.29) is 10.8 Å². The van der Waals surface area contributed by atoms with Crippen molar-refractivity contribution in [1.29, 1.82) is 0 Å².